The lowest BCUT2D eigenvalue weighted by Crippen LogP contribution is -2.41. The van der Waals surface area contributed by atoms with E-state index in [-0.39, 0.29) is 11.1 Å². The summed E-state index contributed by atoms with van der Waals surface area (Å²) < 4.78 is 81.2. The van der Waals surface area contributed by atoms with E-state index in [1.807, 2.05) is 0 Å². The molecule has 0 amide bonds. The Hall–Kier alpha value is -1.13. The summed E-state index contributed by atoms with van der Waals surface area (Å²) in [5.74, 6) is -2.15. The maximum atomic E-state index is 14.6. The van der Waals surface area contributed by atoms with Crippen LogP contribution in [-0.4, -0.2) is 14.3 Å². The molecule has 0 fully saturated rings. The van der Waals surface area contributed by atoms with E-state index in [4.69, 9.17) is 23.2 Å². The van der Waals surface area contributed by atoms with Gasteiger partial charge in [-0.3, -0.25) is 0 Å². The molecular weight excluding hydrogens is 446 g/mol. The van der Waals surface area contributed by atoms with Gasteiger partial charge in [-0.2, -0.15) is 13.2 Å². The average molecular weight is 461 g/mol. The number of nitrogens with zero attached hydrogens (tertiary/aromatic N) is 1. The van der Waals surface area contributed by atoms with Gasteiger partial charge in [0.15, 0.2) is 5.69 Å². The van der Waals surface area contributed by atoms with E-state index < -0.39 is 55.7 Å². The molecule has 0 radical (unpaired) electrons. The van der Waals surface area contributed by atoms with Crippen LogP contribution in [0.2, 0.25) is 10.0 Å². The summed E-state index contributed by atoms with van der Waals surface area (Å²) in [5.41, 5.74) is -1.54. The average Bonchev–Trinajstić information content (AvgIpc) is 2.56. The Balaban J connectivity index is 2.60. The van der Waals surface area contributed by atoms with Crippen molar-refractivity contribution in [2.45, 2.75) is 37.7 Å². The summed E-state index contributed by atoms with van der Waals surface area (Å²) in [7, 11) is 0. The first-order valence-corrected chi connectivity index (χ1v) is 9.68. The Morgan fingerprint density at radius 1 is 1.14 bits per heavy atom. The fourth-order valence-corrected chi connectivity index (χ4v) is 3.46. The van der Waals surface area contributed by atoms with Gasteiger partial charge >= 0.3 is 6.18 Å². The van der Waals surface area contributed by atoms with Gasteiger partial charge in [0, 0.05) is 23.1 Å². The normalized spacial score (nSPS) is 14.8. The number of aromatic nitrogens is 1. The van der Waals surface area contributed by atoms with Crippen molar-refractivity contribution in [3.05, 3.63) is 62.9 Å². The molecule has 2 aromatic rings. The summed E-state index contributed by atoms with van der Waals surface area (Å²) in [6, 6.07) is 1.64. The van der Waals surface area contributed by atoms with E-state index in [2.05, 4.69) is 9.71 Å². The van der Waals surface area contributed by atoms with Crippen molar-refractivity contribution < 1.29 is 26.5 Å². The Morgan fingerprint density at radius 3 is 2.25 bits per heavy atom. The molecule has 1 N–H and O–H groups in total. The highest BCUT2D eigenvalue weighted by Crippen LogP contribution is 2.36. The van der Waals surface area contributed by atoms with Crippen molar-refractivity contribution in [3.63, 3.8) is 0 Å². The van der Waals surface area contributed by atoms with E-state index in [0.717, 1.165) is 24.4 Å². The van der Waals surface area contributed by atoms with Crippen LogP contribution in [0.5, 0.6) is 0 Å². The quantitative estimate of drug-likeness (QED) is 0.354. The first kappa shape index (κ1) is 23.2. The van der Waals surface area contributed by atoms with Gasteiger partial charge < -0.3 is 4.55 Å². The molecule has 0 aliphatic heterocycles. The van der Waals surface area contributed by atoms with E-state index in [1.165, 1.54) is 0 Å². The molecule has 28 heavy (non-hydrogen) atoms. The summed E-state index contributed by atoms with van der Waals surface area (Å²) >= 11 is 9.55. The van der Waals surface area contributed by atoms with E-state index in [0.29, 0.717) is 0 Å². The predicted molar refractivity (Wildman–Crippen MR) is 98.5 cm³/mol. The van der Waals surface area contributed by atoms with Gasteiger partial charge in [-0.15, -0.1) is 4.72 Å². The summed E-state index contributed by atoms with van der Waals surface area (Å²) in [5, 5.41) is -1.51. The number of nitrogens with one attached hydrogen (secondary N) is 1. The molecule has 3 nitrogen and oxygen atoms in total. The third-order valence-corrected chi connectivity index (χ3v) is 5.82. The van der Waals surface area contributed by atoms with Crippen molar-refractivity contribution in [2.75, 3.05) is 0 Å². The summed E-state index contributed by atoms with van der Waals surface area (Å²) in [4.78, 5) is 3.31. The van der Waals surface area contributed by atoms with Gasteiger partial charge in [-0.25, -0.2) is 13.8 Å². The lowest BCUT2D eigenvalue weighted by molar-refractivity contribution is -0.141. The van der Waals surface area contributed by atoms with Gasteiger partial charge in [0.2, 0.25) is 0 Å². The molecule has 1 heterocycles. The lowest BCUT2D eigenvalue weighted by atomic mass is 10.00. The molecule has 2 rings (SSSR count). The maximum Gasteiger partial charge on any atom is 0.434 e. The first-order chi connectivity index (χ1) is 12.7. The van der Waals surface area contributed by atoms with E-state index in [1.54, 1.807) is 20.8 Å². The zero-order valence-electron chi connectivity index (χ0n) is 14.8. The van der Waals surface area contributed by atoms with Crippen LogP contribution in [0.3, 0.4) is 0 Å². The van der Waals surface area contributed by atoms with E-state index >= 15 is 0 Å². The second-order valence-electron chi connectivity index (χ2n) is 6.79. The molecule has 1 aromatic carbocycles. The van der Waals surface area contributed by atoms with Crippen molar-refractivity contribution in [2.24, 2.45) is 0 Å². The standard InChI is InChI=1S/C17H15Cl2F5N2OS/c1-16(2,3)28(27)26-14(9-4-5-11(20)12(19)13(9)21)8-6-10(18)15(25-7-8)17(22,23)24/h4-7,14,26H,1-3H3/t14-,28-/m1/s1. The Labute approximate surface area is 171 Å². The number of halogens is 7. The molecule has 0 saturated heterocycles. The topological polar surface area (TPSA) is 48.0 Å². The second kappa shape index (κ2) is 8.31. The van der Waals surface area contributed by atoms with Gasteiger partial charge in [0.1, 0.15) is 27.4 Å². The monoisotopic (exact) mass is 460 g/mol. The number of hydrogen-bond donors (Lipinski definition) is 1. The van der Waals surface area contributed by atoms with Crippen LogP contribution in [-0.2, 0) is 17.5 Å². The molecule has 0 saturated carbocycles. The fraction of sp³-hybridized carbons (Fsp3) is 0.353. The fourth-order valence-electron chi connectivity index (χ4n) is 2.18. The molecule has 2 atom stereocenters. The Bertz CT molecular complexity index is 874. The SMILES string of the molecule is CC(C)(C)[S@@+]([O-])N[C@H](c1cnc(C(F)(F)F)c(Cl)c1)c1ccc(F)c(Cl)c1F. The zero-order valence-corrected chi connectivity index (χ0v) is 17.1. The van der Waals surface area contributed by atoms with Crippen molar-refractivity contribution in [1.29, 1.82) is 0 Å². The molecule has 154 valence electrons. The molecule has 0 aliphatic carbocycles. The molecule has 1 aromatic heterocycles. The largest absolute Gasteiger partial charge is 0.598 e. The van der Waals surface area contributed by atoms with E-state index in [9.17, 15) is 26.5 Å². The molecule has 0 spiro atoms. The highest BCUT2D eigenvalue weighted by Gasteiger charge is 2.37. The molecule has 0 unspecified atom stereocenters. The van der Waals surface area contributed by atoms with Crippen LogP contribution in [0.15, 0.2) is 24.4 Å². The predicted octanol–water partition coefficient (Wildman–Crippen LogP) is 5.83. The third kappa shape index (κ3) is 5.07. The maximum absolute atomic E-state index is 14.6. The van der Waals surface area contributed by atoms with Crippen molar-refractivity contribution >= 4 is 34.6 Å². The number of alkyl halides is 3. The van der Waals surface area contributed by atoms with Crippen LogP contribution in [0, 0.1) is 11.6 Å². The molecule has 0 aliphatic rings. The first-order valence-electron chi connectivity index (χ1n) is 7.77. The smallest absolute Gasteiger partial charge is 0.434 e. The minimum absolute atomic E-state index is 0.00262. The highest BCUT2D eigenvalue weighted by molar-refractivity contribution is 7.90. The number of pyridine rings is 1. The molecule has 11 heteroatoms. The van der Waals surface area contributed by atoms with Gasteiger partial charge in [-0.1, -0.05) is 29.3 Å². The molecule has 0 bridgehead atoms. The third-order valence-electron chi connectivity index (χ3n) is 3.62. The lowest BCUT2D eigenvalue weighted by Gasteiger charge is -2.28. The number of hydrogen-bond acceptors (Lipinski definition) is 3. The Morgan fingerprint density at radius 2 is 1.75 bits per heavy atom. The van der Waals surface area contributed by atoms with Crippen LogP contribution in [0.1, 0.15) is 43.6 Å². The van der Waals surface area contributed by atoms with Crippen LogP contribution >= 0.6 is 23.2 Å². The van der Waals surface area contributed by atoms with Crippen LogP contribution in [0.4, 0.5) is 22.0 Å². The zero-order chi connectivity index (χ0) is 21.4. The second-order valence-corrected chi connectivity index (χ2v) is 9.58. The van der Waals surface area contributed by atoms with Crippen LogP contribution in [0.25, 0.3) is 0 Å². The van der Waals surface area contributed by atoms with Crippen molar-refractivity contribution in [3.8, 4) is 0 Å². The van der Waals surface area contributed by atoms with Gasteiger partial charge in [-0.05, 0) is 38.5 Å². The van der Waals surface area contributed by atoms with Gasteiger partial charge in [0.25, 0.3) is 0 Å². The summed E-state index contributed by atoms with van der Waals surface area (Å²) in [6.45, 7) is 4.91. The van der Waals surface area contributed by atoms with Crippen LogP contribution < -0.4 is 4.72 Å². The van der Waals surface area contributed by atoms with Gasteiger partial charge in [0.05, 0.1) is 5.02 Å². The minimum atomic E-state index is -4.78. The number of benzene rings is 1. The summed E-state index contributed by atoms with van der Waals surface area (Å²) in [6.07, 6.45) is -3.94. The highest BCUT2D eigenvalue weighted by atomic mass is 35.5. The number of rotatable bonds is 4. The Kier molecular flexibility index (Phi) is 6.87. The van der Waals surface area contributed by atoms with Crippen molar-refractivity contribution in [1.82, 2.24) is 9.71 Å². The minimum Gasteiger partial charge on any atom is -0.598 e. The molecular formula is C17H15Cl2F5N2OS.